The van der Waals surface area contributed by atoms with Crippen LogP contribution in [0.1, 0.15) is 57.8 Å². The van der Waals surface area contributed by atoms with Crippen LogP contribution in [0.2, 0.25) is 5.02 Å². The second kappa shape index (κ2) is 11.9. The van der Waals surface area contributed by atoms with E-state index in [2.05, 4.69) is 21.5 Å². The fraction of sp³-hybridized carbons (Fsp3) is 0.382. The zero-order valence-electron chi connectivity index (χ0n) is 27.1. The Balaban J connectivity index is 1.83. The molecule has 13 heteroatoms. The van der Waals surface area contributed by atoms with Gasteiger partial charge in [-0.1, -0.05) is 51.9 Å². The lowest BCUT2D eigenvalue weighted by Crippen LogP contribution is -2.61. The van der Waals surface area contributed by atoms with Crippen LogP contribution in [0.15, 0.2) is 42.0 Å². The van der Waals surface area contributed by atoms with Crippen LogP contribution in [0, 0.1) is 11.6 Å². The minimum atomic E-state index is -0.893. The van der Waals surface area contributed by atoms with Gasteiger partial charge in [-0.25, -0.2) is 23.5 Å². The van der Waals surface area contributed by atoms with Gasteiger partial charge in [0.05, 0.1) is 50.3 Å². The molecule has 2 unspecified atom stereocenters. The largest absolute Gasteiger partial charge is 0.507 e. The third-order valence-corrected chi connectivity index (χ3v) is 9.36. The molecule has 6 rings (SSSR count). The van der Waals surface area contributed by atoms with E-state index in [-0.39, 0.29) is 64.3 Å². The standard InChI is InChI=1S/C34H36ClF2N7O3/c1-8-22(46)42-12-18(6)43-19(14-42)13-41(7)31-25-30(26(35)24(27(31)37)23-20(36)10-9-11-21(23)45)44(34(47)40-33(25)43)32-28(16(2)3)38-15-39-29(32)17(4)5/h8-11,15-19,45H,1,12-14H2,2-7H3. The van der Waals surface area contributed by atoms with Crippen molar-refractivity contribution in [1.82, 2.24) is 24.4 Å². The number of aromatic hydroxyl groups is 1. The molecule has 0 bridgehead atoms. The van der Waals surface area contributed by atoms with E-state index in [9.17, 15) is 14.7 Å². The number of fused-ring (bicyclic) bond motifs is 2. The van der Waals surface area contributed by atoms with Crippen molar-refractivity contribution in [2.45, 2.75) is 58.5 Å². The van der Waals surface area contributed by atoms with Gasteiger partial charge in [0, 0.05) is 38.3 Å². The van der Waals surface area contributed by atoms with Crippen molar-refractivity contribution in [1.29, 1.82) is 0 Å². The molecule has 0 radical (unpaired) electrons. The summed E-state index contributed by atoms with van der Waals surface area (Å²) >= 11 is 7.19. The number of carbonyl (C=O) groups is 1. The smallest absolute Gasteiger partial charge is 0.354 e. The van der Waals surface area contributed by atoms with E-state index in [0.29, 0.717) is 23.6 Å². The topological polar surface area (TPSA) is 108 Å². The number of nitrogens with zero attached hydrogens (tertiary/aromatic N) is 7. The summed E-state index contributed by atoms with van der Waals surface area (Å²) in [5, 5.41) is 10.8. The molecule has 47 heavy (non-hydrogen) atoms. The zero-order chi connectivity index (χ0) is 34.1. The molecule has 2 aromatic heterocycles. The highest BCUT2D eigenvalue weighted by Crippen LogP contribution is 2.50. The molecule has 4 aromatic rings. The zero-order valence-corrected chi connectivity index (χ0v) is 27.8. The molecule has 2 aliphatic rings. The Labute approximate surface area is 275 Å². The third kappa shape index (κ3) is 5.00. The van der Waals surface area contributed by atoms with Gasteiger partial charge in [0.15, 0.2) is 5.82 Å². The van der Waals surface area contributed by atoms with Crippen LogP contribution in [0.25, 0.3) is 27.7 Å². The lowest BCUT2D eigenvalue weighted by Gasteiger charge is -2.46. The molecule has 1 fully saturated rings. The van der Waals surface area contributed by atoms with E-state index in [4.69, 9.17) is 11.6 Å². The van der Waals surface area contributed by atoms with Gasteiger partial charge >= 0.3 is 5.69 Å². The number of piperazine rings is 1. The summed E-state index contributed by atoms with van der Waals surface area (Å²) in [6.45, 7) is 14.0. The number of benzene rings is 2. The third-order valence-electron chi connectivity index (χ3n) is 8.99. The number of rotatable bonds is 5. The summed E-state index contributed by atoms with van der Waals surface area (Å²) < 4.78 is 34.0. The Bertz CT molecular complexity index is 1970. The van der Waals surface area contributed by atoms with Crippen molar-refractivity contribution in [3.05, 3.63) is 75.7 Å². The molecule has 1 amide bonds. The van der Waals surface area contributed by atoms with Crippen molar-refractivity contribution in [3.8, 4) is 22.6 Å². The highest BCUT2D eigenvalue weighted by Gasteiger charge is 2.42. The van der Waals surface area contributed by atoms with Gasteiger partial charge in [0.25, 0.3) is 0 Å². The summed E-state index contributed by atoms with van der Waals surface area (Å²) in [4.78, 5) is 46.2. The molecule has 0 aliphatic carbocycles. The van der Waals surface area contributed by atoms with Gasteiger partial charge in [0.1, 0.15) is 23.7 Å². The summed E-state index contributed by atoms with van der Waals surface area (Å²) in [6, 6.07) is 2.91. The van der Waals surface area contributed by atoms with Crippen LogP contribution in [-0.2, 0) is 4.79 Å². The second-order valence-corrected chi connectivity index (χ2v) is 13.2. The van der Waals surface area contributed by atoms with Crippen molar-refractivity contribution in [2.24, 2.45) is 0 Å². The lowest BCUT2D eigenvalue weighted by atomic mass is 9.97. The molecule has 0 saturated carbocycles. The Kier molecular flexibility index (Phi) is 8.19. The fourth-order valence-corrected chi connectivity index (χ4v) is 7.38. The van der Waals surface area contributed by atoms with Crippen LogP contribution in [0.3, 0.4) is 0 Å². The van der Waals surface area contributed by atoms with Crippen LogP contribution in [0.5, 0.6) is 5.75 Å². The van der Waals surface area contributed by atoms with Gasteiger partial charge in [-0.2, -0.15) is 4.98 Å². The monoisotopic (exact) mass is 663 g/mol. The number of amides is 1. The molecular weight excluding hydrogens is 628 g/mol. The Morgan fingerprint density at radius 3 is 2.32 bits per heavy atom. The highest BCUT2D eigenvalue weighted by atomic mass is 35.5. The van der Waals surface area contributed by atoms with Crippen molar-refractivity contribution >= 4 is 39.9 Å². The Morgan fingerprint density at radius 2 is 1.72 bits per heavy atom. The molecule has 1 saturated heterocycles. The van der Waals surface area contributed by atoms with E-state index in [0.717, 1.165) is 6.07 Å². The number of likely N-dealkylation sites (N-methyl/N-ethyl adjacent to an activating group) is 1. The van der Waals surface area contributed by atoms with E-state index in [1.54, 1.807) is 16.8 Å². The van der Waals surface area contributed by atoms with E-state index < -0.39 is 40.2 Å². The predicted octanol–water partition coefficient (Wildman–Crippen LogP) is 5.77. The number of hydrogen-bond acceptors (Lipinski definition) is 8. The van der Waals surface area contributed by atoms with E-state index >= 15 is 8.78 Å². The molecule has 0 spiro atoms. The van der Waals surface area contributed by atoms with Crippen LogP contribution in [-0.4, -0.2) is 74.2 Å². The molecule has 2 aliphatic heterocycles. The molecule has 10 nitrogen and oxygen atoms in total. The molecule has 2 aromatic carbocycles. The number of hydrogen-bond donors (Lipinski definition) is 1. The normalized spacial score (nSPS) is 17.8. The van der Waals surface area contributed by atoms with Crippen molar-refractivity contribution < 1.29 is 18.7 Å². The number of halogens is 3. The average molecular weight is 664 g/mol. The first-order valence-corrected chi connectivity index (χ1v) is 15.9. The fourth-order valence-electron chi connectivity index (χ4n) is 7.02. The Morgan fingerprint density at radius 1 is 1.06 bits per heavy atom. The first kappa shape index (κ1) is 32.4. The van der Waals surface area contributed by atoms with Crippen molar-refractivity contribution in [2.75, 3.05) is 36.5 Å². The van der Waals surface area contributed by atoms with Gasteiger partial charge < -0.3 is 19.8 Å². The van der Waals surface area contributed by atoms with Gasteiger partial charge in [-0.15, -0.1) is 0 Å². The minimum Gasteiger partial charge on any atom is -0.507 e. The number of aromatic nitrogens is 4. The number of anilines is 2. The lowest BCUT2D eigenvalue weighted by molar-refractivity contribution is -0.127. The molecular formula is C34H36ClF2N7O3. The SMILES string of the molecule is C=CC(=O)N1CC(C)N2c3nc(=O)n(-c4c(C(C)C)ncnc4C(C)C)c4c(Cl)c(-c5c(O)cccc5F)c(F)c(c34)N(C)CC2C1. The van der Waals surface area contributed by atoms with E-state index in [1.807, 2.05) is 39.5 Å². The summed E-state index contributed by atoms with van der Waals surface area (Å²) in [5.41, 5.74) is 0.0165. The second-order valence-electron chi connectivity index (χ2n) is 12.8. The maximum Gasteiger partial charge on any atom is 0.354 e. The Hall–Kier alpha value is -4.58. The highest BCUT2D eigenvalue weighted by molar-refractivity contribution is 6.39. The minimum absolute atomic E-state index is 0.0237. The predicted molar refractivity (Wildman–Crippen MR) is 179 cm³/mol. The summed E-state index contributed by atoms with van der Waals surface area (Å²) in [5.74, 6) is -2.68. The first-order valence-electron chi connectivity index (χ1n) is 15.5. The molecule has 4 heterocycles. The van der Waals surface area contributed by atoms with Crippen molar-refractivity contribution in [3.63, 3.8) is 0 Å². The maximum absolute atomic E-state index is 17.2. The average Bonchev–Trinajstić information content (AvgIpc) is 3.13. The molecule has 1 N–H and O–H groups in total. The molecule has 246 valence electrons. The first-order chi connectivity index (χ1) is 22.3. The number of carbonyl (C=O) groups excluding carboxylic acids is 1. The van der Waals surface area contributed by atoms with Gasteiger partial charge in [0.2, 0.25) is 5.91 Å². The summed E-state index contributed by atoms with van der Waals surface area (Å²) in [7, 11) is 1.68. The quantitative estimate of drug-likeness (QED) is 0.268. The molecule has 2 atom stereocenters. The van der Waals surface area contributed by atoms with E-state index in [1.165, 1.54) is 29.1 Å². The van der Waals surface area contributed by atoms with Crippen LogP contribution >= 0.6 is 11.6 Å². The van der Waals surface area contributed by atoms with Gasteiger partial charge in [-0.3, -0.25) is 9.36 Å². The number of phenols is 1. The van der Waals surface area contributed by atoms with Gasteiger partial charge in [-0.05, 0) is 37.0 Å². The number of phenolic OH excluding ortho intramolecular Hbond substituents is 1. The van der Waals surface area contributed by atoms with Crippen LogP contribution in [0.4, 0.5) is 20.3 Å². The summed E-state index contributed by atoms with van der Waals surface area (Å²) in [6.07, 6.45) is 2.69. The van der Waals surface area contributed by atoms with Crippen LogP contribution < -0.4 is 15.5 Å². The maximum atomic E-state index is 17.2.